The van der Waals surface area contributed by atoms with Gasteiger partial charge in [0.1, 0.15) is 18.1 Å². The molecule has 138 valence electrons. The molecule has 0 atom stereocenters. The van der Waals surface area contributed by atoms with Crippen molar-refractivity contribution in [3.8, 4) is 11.5 Å². The van der Waals surface area contributed by atoms with Crippen LogP contribution in [0.2, 0.25) is 0 Å². The molecular formula is C24H24O3. The van der Waals surface area contributed by atoms with Crippen LogP contribution in [0.5, 0.6) is 11.5 Å². The Morgan fingerprint density at radius 2 is 1.37 bits per heavy atom. The Hall–Kier alpha value is -3.07. The fraction of sp³-hybridized carbons (Fsp3) is 0.208. The van der Waals surface area contributed by atoms with E-state index in [1.165, 1.54) is 5.56 Å². The van der Waals surface area contributed by atoms with Crippen LogP contribution < -0.4 is 9.47 Å². The second-order valence-corrected chi connectivity index (χ2v) is 7.46. The molecule has 0 aromatic heterocycles. The van der Waals surface area contributed by atoms with Crippen molar-refractivity contribution in [1.29, 1.82) is 0 Å². The summed E-state index contributed by atoms with van der Waals surface area (Å²) in [6, 6.07) is 24.6. The van der Waals surface area contributed by atoms with Gasteiger partial charge in [0.05, 0.1) is 5.56 Å². The highest BCUT2D eigenvalue weighted by Crippen LogP contribution is 2.23. The first-order valence-corrected chi connectivity index (χ1v) is 9.01. The first-order chi connectivity index (χ1) is 12.9. The van der Waals surface area contributed by atoms with Gasteiger partial charge in [0.15, 0.2) is 0 Å². The highest BCUT2D eigenvalue weighted by molar-refractivity contribution is 5.91. The van der Waals surface area contributed by atoms with Gasteiger partial charge in [-0.2, -0.15) is 0 Å². The van der Waals surface area contributed by atoms with Gasteiger partial charge >= 0.3 is 5.97 Å². The molecule has 3 aromatic carbocycles. The highest BCUT2D eigenvalue weighted by Gasteiger charge is 2.15. The molecule has 0 radical (unpaired) electrons. The summed E-state index contributed by atoms with van der Waals surface area (Å²) in [5, 5.41) is 0. The number of hydrogen-bond donors (Lipinski definition) is 0. The van der Waals surface area contributed by atoms with E-state index in [9.17, 15) is 4.79 Å². The Morgan fingerprint density at radius 1 is 0.778 bits per heavy atom. The number of carbonyl (C=O) groups excluding carboxylic acids is 1. The average Bonchev–Trinajstić information content (AvgIpc) is 2.68. The number of benzene rings is 3. The number of carbonyl (C=O) groups is 1. The van der Waals surface area contributed by atoms with E-state index in [0.717, 1.165) is 11.3 Å². The quantitative estimate of drug-likeness (QED) is 0.427. The predicted molar refractivity (Wildman–Crippen MR) is 107 cm³/mol. The molecule has 0 unspecified atom stereocenters. The zero-order valence-electron chi connectivity index (χ0n) is 15.9. The number of esters is 1. The maximum atomic E-state index is 12.3. The van der Waals surface area contributed by atoms with E-state index in [0.29, 0.717) is 17.9 Å². The topological polar surface area (TPSA) is 35.5 Å². The van der Waals surface area contributed by atoms with Gasteiger partial charge in [-0.15, -0.1) is 0 Å². The molecule has 3 aromatic rings. The molecule has 3 nitrogen and oxygen atoms in total. The van der Waals surface area contributed by atoms with E-state index in [2.05, 4.69) is 20.8 Å². The molecule has 0 saturated carbocycles. The molecule has 0 N–H and O–H groups in total. The third-order valence-electron chi connectivity index (χ3n) is 4.27. The predicted octanol–water partition coefficient (Wildman–Crippen LogP) is 5.78. The molecule has 3 heteroatoms. The summed E-state index contributed by atoms with van der Waals surface area (Å²) >= 11 is 0. The molecular weight excluding hydrogens is 336 g/mol. The fourth-order valence-corrected chi connectivity index (χ4v) is 2.62. The summed E-state index contributed by atoms with van der Waals surface area (Å²) in [5.74, 6) is 0.855. The third-order valence-corrected chi connectivity index (χ3v) is 4.27. The Bertz CT molecular complexity index is 874. The maximum Gasteiger partial charge on any atom is 0.343 e. The van der Waals surface area contributed by atoms with E-state index in [-0.39, 0.29) is 11.4 Å². The van der Waals surface area contributed by atoms with Crippen LogP contribution in [0.15, 0.2) is 78.9 Å². The van der Waals surface area contributed by atoms with Crippen molar-refractivity contribution in [1.82, 2.24) is 0 Å². The van der Waals surface area contributed by atoms with E-state index in [1.54, 1.807) is 36.4 Å². The van der Waals surface area contributed by atoms with Crippen LogP contribution in [-0.4, -0.2) is 5.97 Å². The Labute approximate surface area is 160 Å². The molecule has 0 amide bonds. The van der Waals surface area contributed by atoms with Crippen LogP contribution in [0.4, 0.5) is 0 Å². The lowest BCUT2D eigenvalue weighted by Crippen LogP contribution is -2.12. The van der Waals surface area contributed by atoms with Crippen molar-refractivity contribution in [3.05, 3.63) is 95.6 Å². The van der Waals surface area contributed by atoms with Gasteiger partial charge in [0, 0.05) is 0 Å². The smallest absolute Gasteiger partial charge is 0.343 e. The molecule has 0 saturated heterocycles. The number of hydrogen-bond acceptors (Lipinski definition) is 3. The van der Waals surface area contributed by atoms with Crippen molar-refractivity contribution in [3.63, 3.8) is 0 Å². The van der Waals surface area contributed by atoms with Gasteiger partial charge in [0.2, 0.25) is 0 Å². The summed E-state index contributed by atoms with van der Waals surface area (Å²) in [6.07, 6.45) is 0. The van der Waals surface area contributed by atoms with E-state index >= 15 is 0 Å². The fourth-order valence-electron chi connectivity index (χ4n) is 2.62. The Morgan fingerprint density at radius 3 is 1.96 bits per heavy atom. The standard InChI is InChI=1S/C24H24O3/c1-24(2,3)20-11-9-19(10-12-20)23(25)27-22-15-13-21(14-16-22)26-17-18-7-5-4-6-8-18/h4-16H,17H2,1-3H3. The van der Waals surface area contributed by atoms with Gasteiger partial charge in [-0.3, -0.25) is 0 Å². The lowest BCUT2D eigenvalue weighted by Gasteiger charge is -2.18. The van der Waals surface area contributed by atoms with E-state index in [1.807, 2.05) is 42.5 Å². The molecule has 0 aliphatic heterocycles. The SMILES string of the molecule is CC(C)(C)c1ccc(C(=O)Oc2ccc(OCc3ccccc3)cc2)cc1. The molecule has 3 rings (SSSR count). The number of ether oxygens (including phenoxy) is 2. The summed E-state index contributed by atoms with van der Waals surface area (Å²) in [5.41, 5.74) is 2.87. The monoisotopic (exact) mass is 360 g/mol. The van der Waals surface area contributed by atoms with Crippen LogP contribution in [-0.2, 0) is 12.0 Å². The maximum absolute atomic E-state index is 12.3. The average molecular weight is 360 g/mol. The van der Waals surface area contributed by atoms with E-state index in [4.69, 9.17) is 9.47 Å². The molecule has 0 fully saturated rings. The number of rotatable bonds is 5. The van der Waals surface area contributed by atoms with Crippen LogP contribution in [0, 0.1) is 0 Å². The summed E-state index contributed by atoms with van der Waals surface area (Å²) in [6.45, 7) is 6.92. The molecule has 0 aliphatic rings. The van der Waals surface area contributed by atoms with Gasteiger partial charge in [-0.1, -0.05) is 63.2 Å². The van der Waals surface area contributed by atoms with Gasteiger partial charge in [-0.05, 0) is 52.9 Å². The highest BCUT2D eigenvalue weighted by atomic mass is 16.5. The van der Waals surface area contributed by atoms with Crippen molar-refractivity contribution in [2.24, 2.45) is 0 Å². The molecule has 27 heavy (non-hydrogen) atoms. The molecule has 0 heterocycles. The van der Waals surface area contributed by atoms with Crippen molar-refractivity contribution < 1.29 is 14.3 Å². The zero-order chi connectivity index (χ0) is 19.3. The first-order valence-electron chi connectivity index (χ1n) is 9.01. The summed E-state index contributed by atoms with van der Waals surface area (Å²) < 4.78 is 11.2. The van der Waals surface area contributed by atoms with Crippen molar-refractivity contribution in [2.75, 3.05) is 0 Å². The van der Waals surface area contributed by atoms with Gasteiger partial charge in [-0.25, -0.2) is 4.79 Å². The minimum atomic E-state index is -0.367. The first kappa shape index (κ1) is 18.7. The lowest BCUT2D eigenvalue weighted by molar-refractivity contribution is 0.0734. The molecule has 0 aliphatic carbocycles. The molecule has 0 bridgehead atoms. The van der Waals surface area contributed by atoms with Gasteiger partial charge in [0.25, 0.3) is 0 Å². The summed E-state index contributed by atoms with van der Waals surface area (Å²) in [7, 11) is 0. The normalized spacial score (nSPS) is 11.1. The minimum absolute atomic E-state index is 0.0536. The lowest BCUT2D eigenvalue weighted by atomic mass is 9.87. The zero-order valence-corrected chi connectivity index (χ0v) is 15.9. The van der Waals surface area contributed by atoms with Crippen LogP contribution in [0.1, 0.15) is 42.3 Å². The Kier molecular flexibility index (Phi) is 5.60. The van der Waals surface area contributed by atoms with Crippen molar-refractivity contribution >= 4 is 5.97 Å². The molecule has 0 spiro atoms. The third kappa shape index (κ3) is 5.20. The van der Waals surface area contributed by atoms with Crippen LogP contribution >= 0.6 is 0 Å². The van der Waals surface area contributed by atoms with Crippen LogP contribution in [0.3, 0.4) is 0 Å². The summed E-state index contributed by atoms with van der Waals surface area (Å²) in [4.78, 5) is 12.3. The van der Waals surface area contributed by atoms with Crippen molar-refractivity contribution in [2.45, 2.75) is 32.8 Å². The van der Waals surface area contributed by atoms with E-state index < -0.39 is 0 Å². The second-order valence-electron chi connectivity index (χ2n) is 7.46. The Balaban J connectivity index is 1.58. The van der Waals surface area contributed by atoms with Gasteiger partial charge < -0.3 is 9.47 Å². The minimum Gasteiger partial charge on any atom is -0.489 e. The van der Waals surface area contributed by atoms with Crippen LogP contribution in [0.25, 0.3) is 0 Å². The second kappa shape index (κ2) is 8.09. The largest absolute Gasteiger partial charge is 0.489 e.